The predicted octanol–water partition coefficient (Wildman–Crippen LogP) is 3.87. The third-order valence-electron chi connectivity index (χ3n) is 4.65. The molecule has 3 rings (SSSR count). The third-order valence-corrected chi connectivity index (χ3v) is 4.65. The summed E-state index contributed by atoms with van der Waals surface area (Å²) in [6, 6.07) is 6.89. The quantitative estimate of drug-likeness (QED) is 0.830. The molecule has 21 heavy (non-hydrogen) atoms. The van der Waals surface area contributed by atoms with Gasteiger partial charge in [-0.25, -0.2) is 0 Å². The average molecular weight is 282 g/mol. The molecule has 112 valence electrons. The summed E-state index contributed by atoms with van der Waals surface area (Å²) in [4.78, 5) is 4.85. The van der Waals surface area contributed by atoms with Gasteiger partial charge in [0.1, 0.15) is 0 Å². The smallest absolute Gasteiger partial charge is 0.0369 e. The Hall–Kier alpha value is -1.54. The van der Waals surface area contributed by atoms with Gasteiger partial charge in [-0.05, 0) is 62.1 Å². The number of likely N-dealkylation sites (N-methyl/N-ethyl adjacent to an activating group) is 1. The number of anilines is 1. The van der Waals surface area contributed by atoms with Gasteiger partial charge in [-0.3, -0.25) is 0 Å². The lowest BCUT2D eigenvalue weighted by Gasteiger charge is -2.20. The first-order valence-electron chi connectivity index (χ1n) is 8.13. The zero-order valence-corrected chi connectivity index (χ0v) is 13.3. The first kappa shape index (κ1) is 14.4. The Morgan fingerprint density at radius 2 is 1.86 bits per heavy atom. The van der Waals surface area contributed by atoms with E-state index in [1.54, 1.807) is 0 Å². The summed E-state index contributed by atoms with van der Waals surface area (Å²) in [5.74, 6) is 0. The molecule has 2 heteroatoms. The van der Waals surface area contributed by atoms with Crippen molar-refractivity contribution in [3.05, 3.63) is 47.1 Å². The largest absolute Gasteiger partial charge is 0.372 e. The van der Waals surface area contributed by atoms with Crippen molar-refractivity contribution >= 4 is 11.8 Å². The molecule has 1 aromatic rings. The van der Waals surface area contributed by atoms with Crippen LogP contribution in [0.1, 0.15) is 30.4 Å². The van der Waals surface area contributed by atoms with E-state index in [1.807, 2.05) is 0 Å². The molecule has 0 atom stereocenters. The second kappa shape index (κ2) is 6.48. The lowest BCUT2D eigenvalue weighted by molar-refractivity contribution is 0.361. The summed E-state index contributed by atoms with van der Waals surface area (Å²) in [5.41, 5.74) is 5.58. The van der Waals surface area contributed by atoms with Gasteiger partial charge in [0, 0.05) is 31.9 Å². The highest BCUT2D eigenvalue weighted by atomic mass is 15.1. The van der Waals surface area contributed by atoms with Crippen molar-refractivity contribution in [1.29, 1.82) is 0 Å². The lowest BCUT2D eigenvalue weighted by Crippen LogP contribution is -2.23. The molecule has 2 aliphatic rings. The van der Waals surface area contributed by atoms with Gasteiger partial charge in [0.05, 0.1) is 0 Å². The molecule has 0 saturated carbocycles. The zero-order chi connectivity index (χ0) is 14.7. The fraction of sp³-hybridized carbons (Fsp3) is 0.474. The van der Waals surface area contributed by atoms with E-state index >= 15 is 0 Å². The molecule has 0 amide bonds. The van der Waals surface area contributed by atoms with Crippen LogP contribution in [0.4, 0.5) is 5.69 Å². The molecule has 1 fully saturated rings. The van der Waals surface area contributed by atoms with Crippen LogP contribution in [0.5, 0.6) is 0 Å². The molecule has 0 aliphatic carbocycles. The Bertz CT molecular complexity index is 551. The normalized spacial score (nSPS) is 20.3. The fourth-order valence-corrected chi connectivity index (χ4v) is 3.15. The number of nitrogens with zero attached hydrogens (tertiary/aromatic N) is 2. The van der Waals surface area contributed by atoms with E-state index in [0.717, 1.165) is 13.0 Å². The maximum absolute atomic E-state index is 2.50. The maximum atomic E-state index is 2.50. The van der Waals surface area contributed by atoms with E-state index in [0.29, 0.717) is 0 Å². The predicted molar refractivity (Wildman–Crippen MR) is 91.9 cm³/mol. The SMILES string of the molecule is Cc1cc(N2CCCC2)ccc1C=CC1=CCN(C)CC1. The van der Waals surface area contributed by atoms with Crippen molar-refractivity contribution in [3.63, 3.8) is 0 Å². The van der Waals surface area contributed by atoms with Crippen LogP contribution in [-0.4, -0.2) is 38.1 Å². The number of hydrogen-bond acceptors (Lipinski definition) is 2. The second-order valence-electron chi connectivity index (χ2n) is 6.36. The first-order chi connectivity index (χ1) is 10.2. The highest BCUT2D eigenvalue weighted by Crippen LogP contribution is 2.24. The molecule has 1 aromatic carbocycles. The number of allylic oxidation sites excluding steroid dienone is 1. The van der Waals surface area contributed by atoms with Gasteiger partial charge in [-0.15, -0.1) is 0 Å². The highest BCUT2D eigenvalue weighted by Gasteiger charge is 2.12. The molecule has 2 aliphatic heterocycles. The summed E-state index contributed by atoms with van der Waals surface area (Å²) in [7, 11) is 2.18. The van der Waals surface area contributed by atoms with Crippen LogP contribution in [0.25, 0.3) is 6.08 Å². The molecule has 0 radical (unpaired) electrons. The summed E-state index contributed by atoms with van der Waals surface area (Å²) >= 11 is 0. The third kappa shape index (κ3) is 3.56. The topological polar surface area (TPSA) is 6.48 Å². The van der Waals surface area contributed by atoms with Crippen molar-refractivity contribution in [1.82, 2.24) is 4.90 Å². The standard InChI is InChI=1S/C19H26N2/c1-16-15-19(21-11-3-4-12-21)8-7-18(16)6-5-17-9-13-20(2)14-10-17/h5-9,15H,3-4,10-14H2,1-2H3. The highest BCUT2D eigenvalue weighted by molar-refractivity contribution is 5.62. The summed E-state index contributed by atoms with van der Waals surface area (Å²) < 4.78 is 0. The molecule has 2 nitrogen and oxygen atoms in total. The van der Waals surface area contributed by atoms with Crippen molar-refractivity contribution < 1.29 is 0 Å². The van der Waals surface area contributed by atoms with E-state index in [9.17, 15) is 0 Å². The number of rotatable bonds is 3. The van der Waals surface area contributed by atoms with Gasteiger partial charge in [0.25, 0.3) is 0 Å². The van der Waals surface area contributed by atoms with Crippen LogP contribution < -0.4 is 4.90 Å². The Kier molecular flexibility index (Phi) is 4.45. The van der Waals surface area contributed by atoms with E-state index in [-0.39, 0.29) is 0 Å². The molecule has 1 saturated heterocycles. The molecule has 2 heterocycles. The molecule has 0 N–H and O–H groups in total. The molecular formula is C19H26N2. The maximum Gasteiger partial charge on any atom is 0.0369 e. The molecule has 0 aromatic heterocycles. The van der Waals surface area contributed by atoms with Crippen molar-refractivity contribution in [2.75, 3.05) is 38.1 Å². The minimum absolute atomic E-state index is 1.08. The zero-order valence-electron chi connectivity index (χ0n) is 13.3. The van der Waals surface area contributed by atoms with Crippen LogP contribution >= 0.6 is 0 Å². The van der Waals surface area contributed by atoms with E-state index in [1.165, 1.54) is 54.9 Å². The molecule has 0 bridgehead atoms. The first-order valence-corrected chi connectivity index (χ1v) is 8.13. The van der Waals surface area contributed by atoms with Crippen LogP contribution in [0, 0.1) is 6.92 Å². The molecule has 0 unspecified atom stereocenters. The summed E-state index contributed by atoms with van der Waals surface area (Å²) in [6.45, 7) is 6.90. The Morgan fingerprint density at radius 3 is 2.52 bits per heavy atom. The van der Waals surface area contributed by atoms with Gasteiger partial charge >= 0.3 is 0 Å². The van der Waals surface area contributed by atoms with Gasteiger partial charge in [-0.2, -0.15) is 0 Å². The number of aryl methyl sites for hydroxylation is 1. The number of benzene rings is 1. The van der Waals surface area contributed by atoms with Crippen molar-refractivity contribution in [2.45, 2.75) is 26.2 Å². The lowest BCUT2D eigenvalue weighted by atomic mass is 10.0. The Morgan fingerprint density at radius 1 is 1.05 bits per heavy atom. The van der Waals surface area contributed by atoms with Gasteiger partial charge in [0.2, 0.25) is 0 Å². The van der Waals surface area contributed by atoms with Crippen LogP contribution in [0.15, 0.2) is 35.9 Å². The van der Waals surface area contributed by atoms with Crippen LogP contribution in [0.2, 0.25) is 0 Å². The average Bonchev–Trinajstić information content (AvgIpc) is 3.02. The number of hydrogen-bond donors (Lipinski definition) is 0. The van der Waals surface area contributed by atoms with E-state index in [2.05, 4.69) is 60.2 Å². The van der Waals surface area contributed by atoms with Gasteiger partial charge < -0.3 is 9.80 Å². The minimum Gasteiger partial charge on any atom is -0.372 e. The molecule has 0 spiro atoms. The second-order valence-corrected chi connectivity index (χ2v) is 6.36. The van der Waals surface area contributed by atoms with E-state index in [4.69, 9.17) is 0 Å². The van der Waals surface area contributed by atoms with E-state index < -0.39 is 0 Å². The Labute approximate surface area is 128 Å². The molecular weight excluding hydrogens is 256 g/mol. The fourth-order valence-electron chi connectivity index (χ4n) is 3.15. The summed E-state index contributed by atoms with van der Waals surface area (Å²) in [6.07, 6.45) is 10.8. The Balaban J connectivity index is 1.71. The monoisotopic (exact) mass is 282 g/mol. The minimum atomic E-state index is 1.08. The van der Waals surface area contributed by atoms with Crippen molar-refractivity contribution in [3.8, 4) is 0 Å². The summed E-state index contributed by atoms with van der Waals surface area (Å²) in [5, 5.41) is 0. The van der Waals surface area contributed by atoms with Crippen LogP contribution in [-0.2, 0) is 0 Å². The van der Waals surface area contributed by atoms with Crippen molar-refractivity contribution in [2.24, 2.45) is 0 Å². The van der Waals surface area contributed by atoms with Crippen LogP contribution in [0.3, 0.4) is 0 Å². The van der Waals surface area contributed by atoms with Gasteiger partial charge in [-0.1, -0.05) is 24.3 Å². The van der Waals surface area contributed by atoms with Gasteiger partial charge in [0.15, 0.2) is 0 Å².